The molecule has 1 N–H and O–H groups in total. The first kappa shape index (κ1) is 21.7. The summed E-state index contributed by atoms with van der Waals surface area (Å²) in [4.78, 5) is 7.29. The van der Waals surface area contributed by atoms with Crippen LogP contribution in [-0.4, -0.2) is 45.5 Å². The lowest BCUT2D eigenvalue weighted by Gasteiger charge is -2.26. The average molecular weight is 489 g/mol. The lowest BCUT2D eigenvalue weighted by Crippen LogP contribution is -2.35. The Bertz CT molecular complexity index is 1460. The highest BCUT2D eigenvalue weighted by atomic mass is 19.3. The van der Waals surface area contributed by atoms with E-state index in [1.165, 1.54) is 48.9 Å². The highest BCUT2D eigenvalue weighted by molar-refractivity contribution is 5.93. The molecule has 6 nitrogen and oxygen atoms in total. The van der Waals surface area contributed by atoms with Crippen molar-refractivity contribution in [3.8, 4) is 33.9 Å². The summed E-state index contributed by atoms with van der Waals surface area (Å²) in [5.41, 5.74) is 6.88. The Morgan fingerprint density at radius 3 is 2.50 bits per heavy atom. The molecule has 7 rings (SSSR count). The lowest BCUT2D eigenvalue weighted by atomic mass is 9.96. The zero-order valence-corrected chi connectivity index (χ0v) is 19.8. The molecule has 8 heteroatoms. The maximum absolute atomic E-state index is 13.5. The quantitative estimate of drug-likeness (QED) is 0.386. The van der Waals surface area contributed by atoms with Crippen LogP contribution < -0.4 is 9.47 Å². The molecule has 0 amide bonds. The number of benzene rings is 2. The summed E-state index contributed by atoms with van der Waals surface area (Å²) < 4.78 is 36.1. The van der Waals surface area contributed by atoms with Gasteiger partial charge in [0.25, 0.3) is 0 Å². The number of nitrogens with one attached hydrogen (secondary N) is 1. The predicted molar refractivity (Wildman–Crippen MR) is 132 cm³/mol. The number of ether oxygens (including phenoxy) is 2. The Kier molecular flexibility index (Phi) is 4.99. The molecule has 1 saturated carbocycles. The van der Waals surface area contributed by atoms with Crippen molar-refractivity contribution in [3.63, 3.8) is 0 Å². The maximum atomic E-state index is 13.5. The largest absolute Gasteiger partial charge is 0.586 e. The molecule has 0 saturated heterocycles. The van der Waals surface area contributed by atoms with Crippen LogP contribution in [0.1, 0.15) is 36.8 Å². The molecular weight excluding hydrogens is 462 g/mol. The third-order valence-corrected chi connectivity index (χ3v) is 7.81. The standard InChI is InChI=1S/C28H26F2N4O2/c29-28(30)35-24-8-7-20(15-25(24)36-28)26-23-14-21(16-31-27(23)33-32-26)18-6-5-17-9-11-34(12-10-19(17)13-18)22-3-1-2-4-22/h5-8,13-16,22H,1-4,9-12H2,(H,31,32,33). The second-order valence-corrected chi connectivity index (χ2v) is 9.98. The van der Waals surface area contributed by atoms with E-state index >= 15 is 0 Å². The summed E-state index contributed by atoms with van der Waals surface area (Å²) >= 11 is 0. The molecule has 2 aliphatic heterocycles. The molecule has 0 radical (unpaired) electrons. The summed E-state index contributed by atoms with van der Waals surface area (Å²) in [6, 6.07) is 14.3. The van der Waals surface area contributed by atoms with Crippen LogP contribution in [0.5, 0.6) is 11.5 Å². The van der Waals surface area contributed by atoms with E-state index < -0.39 is 6.29 Å². The minimum absolute atomic E-state index is 0.00448. The van der Waals surface area contributed by atoms with E-state index in [1.54, 1.807) is 6.07 Å². The smallest absolute Gasteiger partial charge is 0.395 e. The first-order valence-corrected chi connectivity index (χ1v) is 12.6. The van der Waals surface area contributed by atoms with Crippen LogP contribution in [-0.2, 0) is 12.8 Å². The number of nitrogens with zero attached hydrogens (tertiary/aromatic N) is 3. The molecule has 1 fully saturated rings. The van der Waals surface area contributed by atoms with E-state index in [0.29, 0.717) is 16.9 Å². The molecule has 4 aromatic rings. The fourth-order valence-corrected chi connectivity index (χ4v) is 5.93. The second kappa shape index (κ2) is 8.27. The van der Waals surface area contributed by atoms with Crippen LogP contribution in [0.15, 0.2) is 48.7 Å². The zero-order chi connectivity index (χ0) is 24.3. The van der Waals surface area contributed by atoms with Crippen molar-refractivity contribution in [1.82, 2.24) is 20.1 Å². The minimum atomic E-state index is -3.65. The van der Waals surface area contributed by atoms with Gasteiger partial charge in [0, 0.05) is 41.8 Å². The average Bonchev–Trinajstić information content (AvgIpc) is 3.58. The molecule has 4 heterocycles. The van der Waals surface area contributed by atoms with Gasteiger partial charge in [-0.05, 0) is 66.6 Å². The van der Waals surface area contributed by atoms with Crippen molar-refractivity contribution in [2.45, 2.75) is 50.9 Å². The molecule has 0 unspecified atom stereocenters. The number of fused-ring (bicyclic) bond motifs is 3. The van der Waals surface area contributed by atoms with Gasteiger partial charge in [0.15, 0.2) is 17.1 Å². The molecule has 184 valence electrons. The molecule has 1 aliphatic carbocycles. The third kappa shape index (κ3) is 3.80. The van der Waals surface area contributed by atoms with E-state index in [2.05, 4.69) is 53.8 Å². The van der Waals surface area contributed by atoms with E-state index in [4.69, 9.17) is 0 Å². The van der Waals surface area contributed by atoms with Crippen LogP contribution in [0, 0.1) is 0 Å². The molecule has 2 aromatic carbocycles. The van der Waals surface area contributed by atoms with Crippen molar-refractivity contribution in [3.05, 3.63) is 59.8 Å². The highest BCUT2D eigenvalue weighted by Crippen LogP contribution is 2.43. The van der Waals surface area contributed by atoms with Crippen LogP contribution in [0.2, 0.25) is 0 Å². The van der Waals surface area contributed by atoms with Gasteiger partial charge >= 0.3 is 6.29 Å². The van der Waals surface area contributed by atoms with Gasteiger partial charge in [0.2, 0.25) is 0 Å². The molecule has 36 heavy (non-hydrogen) atoms. The van der Waals surface area contributed by atoms with Gasteiger partial charge < -0.3 is 9.47 Å². The fourth-order valence-electron chi connectivity index (χ4n) is 5.93. The van der Waals surface area contributed by atoms with Gasteiger partial charge in [0.1, 0.15) is 5.69 Å². The number of aromatic nitrogens is 3. The van der Waals surface area contributed by atoms with E-state index in [-0.39, 0.29) is 11.5 Å². The fraction of sp³-hybridized carbons (Fsp3) is 0.357. The van der Waals surface area contributed by atoms with Crippen LogP contribution in [0.4, 0.5) is 8.78 Å². The molecule has 0 bridgehead atoms. The van der Waals surface area contributed by atoms with E-state index in [9.17, 15) is 8.78 Å². The van der Waals surface area contributed by atoms with Crippen molar-refractivity contribution in [2.24, 2.45) is 0 Å². The summed E-state index contributed by atoms with van der Waals surface area (Å²) in [5.74, 6) is 0.00837. The van der Waals surface area contributed by atoms with Crippen molar-refractivity contribution in [2.75, 3.05) is 13.1 Å². The Hall–Kier alpha value is -3.52. The van der Waals surface area contributed by atoms with Crippen molar-refractivity contribution >= 4 is 11.0 Å². The summed E-state index contributed by atoms with van der Waals surface area (Å²) in [6.45, 7) is 2.26. The minimum Gasteiger partial charge on any atom is -0.395 e. The van der Waals surface area contributed by atoms with E-state index in [1.807, 2.05) is 6.20 Å². The number of hydrogen-bond acceptors (Lipinski definition) is 5. The van der Waals surface area contributed by atoms with Gasteiger partial charge in [-0.25, -0.2) is 4.98 Å². The lowest BCUT2D eigenvalue weighted by molar-refractivity contribution is -0.286. The summed E-state index contributed by atoms with van der Waals surface area (Å²) in [7, 11) is 0. The van der Waals surface area contributed by atoms with Gasteiger partial charge in [-0.3, -0.25) is 10.00 Å². The number of alkyl halides is 2. The molecule has 0 spiro atoms. The van der Waals surface area contributed by atoms with E-state index in [0.717, 1.165) is 48.5 Å². The second-order valence-electron chi connectivity index (χ2n) is 9.98. The first-order chi connectivity index (χ1) is 17.5. The SMILES string of the molecule is FC1(F)Oc2ccc(-c3n[nH]c4ncc(-c5ccc6c(c5)CCN(C5CCCC5)CC6)cc34)cc2O1. The number of halogens is 2. The first-order valence-electron chi connectivity index (χ1n) is 12.6. The van der Waals surface area contributed by atoms with Crippen LogP contribution in [0.3, 0.4) is 0 Å². The topological polar surface area (TPSA) is 63.3 Å². The molecule has 3 aliphatic rings. The van der Waals surface area contributed by atoms with Crippen LogP contribution in [0.25, 0.3) is 33.4 Å². The van der Waals surface area contributed by atoms with Gasteiger partial charge in [-0.2, -0.15) is 5.10 Å². The zero-order valence-electron chi connectivity index (χ0n) is 19.8. The maximum Gasteiger partial charge on any atom is 0.586 e. The van der Waals surface area contributed by atoms with Gasteiger partial charge in [0.05, 0.1) is 0 Å². The molecule has 0 atom stereocenters. The number of H-pyrrole nitrogens is 1. The van der Waals surface area contributed by atoms with Crippen LogP contribution >= 0.6 is 0 Å². The Labute approximate surface area is 207 Å². The number of aromatic amines is 1. The Morgan fingerprint density at radius 1 is 0.861 bits per heavy atom. The molecular formula is C28H26F2N4O2. The highest BCUT2D eigenvalue weighted by Gasteiger charge is 2.43. The Balaban J connectivity index is 1.20. The monoisotopic (exact) mass is 488 g/mol. The summed E-state index contributed by atoms with van der Waals surface area (Å²) in [6.07, 6.45) is 5.77. The summed E-state index contributed by atoms with van der Waals surface area (Å²) in [5, 5.41) is 8.19. The molecule has 2 aromatic heterocycles. The van der Waals surface area contributed by atoms with Crippen molar-refractivity contribution < 1.29 is 18.3 Å². The predicted octanol–water partition coefficient (Wildman–Crippen LogP) is 5.96. The third-order valence-electron chi connectivity index (χ3n) is 7.81. The number of pyridine rings is 1. The number of rotatable bonds is 3. The Morgan fingerprint density at radius 2 is 1.64 bits per heavy atom. The van der Waals surface area contributed by atoms with Gasteiger partial charge in [-0.1, -0.05) is 31.0 Å². The number of hydrogen-bond donors (Lipinski definition) is 1. The normalized spacial score (nSPS) is 19.5. The van der Waals surface area contributed by atoms with Crippen molar-refractivity contribution in [1.29, 1.82) is 0 Å². The van der Waals surface area contributed by atoms with Gasteiger partial charge in [-0.15, -0.1) is 8.78 Å².